The normalized spacial score (nSPS) is 10.9. The largest absolute Gasteiger partial charge is 0.496 e. The summed E-state index contributed by atoms with van der Waals surface area (Å²) in [6, 6.07) is 3.39. The SMILES string of the molecule is CCN(CC)CCCC(=O)Cc1cc(Cl)c(N)cc1OC. The molecular weight excluding hydrogens is 288 g/mol. The number of ketones is 1. The highest BCUT2D eigenvalue weighted by Gasteiger charge is 2.12. The van der Waals surface area contributed by atoms with Gasteiger partial charge in [-0.1, -0.05) is 25.4 Å². The van der Waals surface area contributed by atoms with E-state index in [1.165, 1.54) is 0 Å². The van der Waals surface area contributed by atoms with Crippen LogP contribution >= 0.6 is 11.6 Å². The van der Waals surface area contributed by atoms with Crippen LogP contribution in [0.4, 0.5) is 5.69 Å². The molecule has 1 aromatic carbocycles. The minimum Gasteiger partial charge on any atom is -0.496 e. The van der Waals surface area contributed by atoms with Gasteiger partial charge < -0.3 is 15.4 Å². The molecule has 0 amide bonds. The van der Waals surface area contributed by atoms with E-state index in [2.05, 4.69) is 18.7 Å². The Morgan fingerprint density at radius 1 is 1.33 bits per heavy atom. The number of ether oxygens (including phenoxy) is 1. The fourth-order valence-corrected chi connectivity index (χ4v) is 2.47. The molecule has 1 aromatic rings. The number of nitrogens with zero attached hydrogens (tertiary/aromatic N) is 1. The lowest BCUT2D eigenvalue weighted by atomic mass is 10.0. The average molecular weight is 313 g/mol. The van der Waals surface area contributed by atoms with Gasteiger partial charge >= 0.3 is 0 Å². The number of rotatable bonds is 9. The van der Waals surface area contributed by atoms with Gasteiger partial charge in [0, 0.05) is 24.5 Å². The van der Waals surface area contributed by atoms with Crippen LogP contribution in [0.25, 0.3) is 0 Å². The molecule has 0 saturated carbocycles. The lowest BCUT2D eigenvalue weighted by Gasteiger charge is -2.17. The van der Waals surface area contributed by atoms with Crippen molar-refractivity contribution in [2.45, 2.75) is 33.1 Å². The lowest BCUT2D eigenvalue weighted by molar-refractivity contribution is -0.118. The number of carbonyl (C=O) groups is 1. The van der Waals surface area contributed by atoms with Crippen molar-refractivity contribution in [3.8, 4) is 5.75 Å². The number of carbonyl (C=O) groups excluding carboxylic acids is 1. The van der Waals surface area contributed by atoms with Crippen LogP contribution < -0.4 is 10.5 Å². The molecule has 0 aliphatic carbocycles. The van der Waals surface area contributed by atoms with Gasteiger partial charge in [-0.15, -0.1) is 0 Å². The molecule has 0 aromatic heterocycles. The maximum atomic E-state index is 12.1. The van der Waals surface area contributed by atoms with Crippen molar-refractivity contribution in [2.24, 2.45) is 0 Å². The van der Waals surface area contributed by atoms with Crippen LogP contribution in [0.1, 0.15) is 32.3 Å². The van der Waals surface area contributed by atoms with Crippen molar-refractivity contribution < 1.29 is 9.53 Å². The van der Waals surface area contributed by atoms with E-state index in [1.807, 2.05) is 0 Å². The van der Waals surface area contributed by atoms with Gasteiger partial charge in [0.05, 0.1) is 17.8 Å². The molecule has 1 rings (SSSR count). The summed E-state index contributed by atoms with van der Waals surface area (Å²) in [6.07, 6.45) is 1.79. The molecule has 0 bridgehead atoms. The van der Waals surface area contributed by atoms with E-state index >= 15 is 0 Å². The summed E-state index contributed by atoms with van der Waals surface area (Å²) in [7, 11) is 1.57. The topological polar surface area (TPSA) is 55.6 Å². The highest BCUT2D eigenvalue weighted by molar-refractivity contribution is 6.33. The van der Waals surface area contributed by atoms with Gasteiger partial charge in [0.1, 0.15) is 11.5 Å². The number of benzene rings is 1. The second-order valence-electron chi connectivity index (χ2n) is 5.03. The van der Waals surface area contributed by atoms with Crippen LogP contribution in [-0.2, 0) is 11.2 Å². The summed E-state index contributed by atoms with van der Waals surface area (Å²) in [5.41, 5.74) is 7.00. The third-order valence-electron chi connectivity index (χ3n) is 3.61. The Hall–Kier alpha value is -1.26. The molecule has 21 heavy (non-hydrogen) atoms. The molecular formula is C16H25ClN2O2. The molecule has 0 spiro atoms. The van der Waals surface area contributed by atoms with Crippen LogP contribution in [0.2, 0.25) is 5.02 Å². The molecule has 0 aliphatic heterocycles. The monoisotopic (exact) mass is 312 g/mol. The van der Waals surface area contributed by atoms with E-state index in [4.69, 9.17) is 22.1 Å². The highest BCUT2D eigenvalue weighted by Crippen LogP contribution is 2.29. The number of anilines is 1. The summed E-state index contributed by atoms with van der Waals surface area (Å²) in [5.74, 6) is 0.815. The summed E-state index contributed by atoms with van der Waals surface area (Å²) < 4.78 is 5.26. The number of hydrogen-bond acceptors (Lipinski definition) is 4. The average Bonchev–Trinajstić information content (AvgIpc) is 2.47. The van der Waals surface area contributed by atoms with E-state index in [0.717, 1.165) is 31.6 Å². The number of methoxy groups -OCH3 is 1. The van der Waals surface area contributed by atoms with Crippen LogP contribution in [0.3, 0.4) is 0 Å². The fraction of sp³-hybridized carbons (Fsp3) is 0.562. The molecule has 5 heteroatoms. The maximum absolute atomic E-state index is 12.1. The lowest BCUT2D eigenvalue weighted by Crippen LogP contribution is -2.24. The molecule has 0 fully saturated rings. The van der Waals surface area contributed by atoms with E-state index in [9.17, 15) is 4.79 Å². The minimum atomic E-state index is 0.196. The first-order valence-corrected chi connectivity index (χ1v) is 7.75. The Labute approximate surface area is 132 Å². The predicted molar refractivity (Wildman–Crippen MR) is 88.1 cm³/mol. The van der Waals surface area contributed by atoms with E-state index in [-0.39, 0.29) is 5.78 Å². The van der Waals surface area contributed by atoms with Crippen molar-refractivity contribution in [2.75, 3.05) is 32.5 Å². The Morgan fingerprint density at radius 2 is 2.00 bits per heavy atom. The molecule has 118 valence electrons. The van der Waals surface area contributed by atoms with Gasteiger partial charge in [-0.25, -0.2) is 0 Å². The van der Waals surface area contributed by atoms with E-state index < -0.39 is 0 Å². The summed E-state index contributed by atoms with van der Waals surface area (Å²) in [6.45, 7) is 7.26. The second kappa shape index (κ2) is 8.90. The highest BCUT2D eigenvalue weighted by atomic mass is 35.5. The molecule has 0 radical (unpaired) electrons. The van der Waals surface area contributed by atoms with Crippen LogP contribution in [0.5, 0.6) is 5.75 Å². The second-order valence-corrected chi connectivity index (χ2v) is 5.44. The quantitative estimate of drug-likeness (QED) is 0.712. The van der Waals surface area contributed by atoms with Gasteiger partial charge in [0.2, 0.25) is 0 Å². The molecule has 0 saturated heterocycles. The zero-order valence-electron chi connectivity index (χ0n) is 13.1. The van der Waals surface area contributed by atoms with Gasteiger partial charge in [-0.2, -0.15) is 0 Å². The molecule has 0 unspecified atom stereocenters. The predicted octanol–water partition coefficient (Wildman–Crippen LogP) is 3.16. The fourth-order valence-electron chi connectivity index (χ4n) is 2.28. The van der Waals surface area contributed by atoms with E-state index in [0.29, 0.717) is 29.3 Å². The van der Waals surface area contributed by atoms with Crippen LogP contribution in [0, 0.1) is 0 Å². The van der Waals surface area contributed by atoms with E-state index in [1.54, 1.807) is 19.2 Å². The Morgan fingerprint density at radius 3 is 2.57 bits per heavy atom. The third-order valence-corrected chi connectivity index (χ3v) is 3.94. The van der Waals surface area contributed by atoms with Gasteiger partial charge in [0.15, 0.2) is 0 Å². The Balaban J connectivity index is 2.57. The summed E-state index contributed by atoms with van der Waals surface area (Å²) >= 11 is 6.01. The molecule has 2 N–H and O–H groups in total. The summed E-state index contributed by atoms with van der Waals surface area (Å²) in [4.78, 5) is 14.4. The zero-order valence-corrected chi connectivity index (χ0v) is 13.9. The van der Waals surface area contributed by atoms with Crippen molar-refractivity contribution >= 4 is 23.1 Å². The van der Waals surface area contributed by atoms with Crippen LogP contribution in [-0.4, -0.2) is 37.4 Å². The first-order valence-electron chi connectivity index (χ1n) is 7.37. The van der Waals surface area contributed by atoms with Crippen molar-refractivity contribution in [1.82, 2.24) is 4.90 Å². The Kier molecular flexibility index (Phi) is 7.54. The Bertz CT molecular complexity index is 474. The van der Waals surface area contributed by atoms with Crippen molar-refractivity contribution in [1.29, 1.82) is 0 Å². The molecule has 4 nitrogen and oxygen atoms in total. The number of nitrogens with two attached hydrogens (primary N) is 1. The zero-order chi connectivity index (χ0) is 15.8. The van der Waals surface area contributed by atoms with Gasteiger partial charge in [0.25, 0.3) is 0 Å². The first kappa shape index (κ1) is 17.8. The smallest absolute Gasteiger partial charge is 0.137 e. The van der Waals surface area contributed by atoms with Crippen molar-refractivity contribution in [3.05, 3.63) is 22.7 Å². The standard InChI is InChI=1S/C16H25ClN2O2/c1-4-19(5-2)8-6-7-13(20)9-12-10-14(17)15(18)11-16(12)21-3/h10-11H,4-9,18H2,1-3H3. The molecule has 0 atom stereocenters. The van der Waals surface area contributed by atoms with Gasteiger partial charge in [-0.3, -0.25) is 4.79 Å². The number of hydrogen-bond donors (Lipinski definition) is 1. The molecule has 0 heterocycles. The summed E-state index contributed by atoms with van der Waals surface area (Å²) in [5, 5.41) is 0.460. The van der Waals surface area contributed by atoms with Crippen LogP contribution in [0.15, 0.2) is 12.1 Å². The van der Waals surface area contributed by atoms with Gasteiger partial charge in [-0.05, 0) is 32.1 Å². The molecule has 0 aliphatic rings. The number of Topliss-reactive ketones (excluding diaryl/α,β-unsaturated/α-hetero) is 1. The van der Waals surface area contributed by atoms with Crippen molar-refractivity contribution in [3.63, 3.8) is 0 Å². The maximum Gasteiger partial charge on any atom is 0.137 e. The minimum absolute atomic E-state index is 0.196. The number of halogens is 1. The number of nitrogen functional groups attached to an aromatic ring is 1. The third kappa shape index (κ3) is 5.56. The first-order chi connectivity index (χ1) is 10.0.